The van der Waals surface area contributed by atoms with Crippen LogP contribution in [-0.2, 0) is 19.4 Å². The first-order valence-corrected chi connectivity index (χ1v) is 6.89. The minimum atomic E-state index is -3.11. The summed E-state index contributed by atoms with van der Waals surface area (Å²) < 4.78 is 22.4. The maximum absolute atomic E-state index is 11.8. The number of aliphatic carboxylic acids is 1. The van der Waals surface area contributed by atoms with Crippen molar-refractivity contribution in [3.05, 3.63) is 0 Å². The van der Waals surface area contributed by atoms with Crippen molar-refractivity contribution in [3.8, 4) is 0 Å². The second-order valence-electron chi connectivity index (χ2n) is 3.85. The molecule has 0 aromatic heterocycles. The number of likely N-dealkylation sites (N-methyl/N-ethyl adjacent to an activating group) is 1. The summed E-state index contributed by atoms with van der Waals surface area (Å²) in [6.45, 7) is 1.58. The number of hydrogen-bond acceptors (Lipinski definition) is 4. The zero-order chi connectivity index (χ0) is 12.3. The van der Waals surface area contributed by atoms with Crippen LogP contribution < -0.4 is 0 Å². The fourth-order valence-electron chi connectivity index (χ4n) is 1.76. The number of carboxylic acid groups (broad SMARTS) is 1. The van der Waals surface area contributed by atoms with Gasteiger partial charge in [0.1, 0.15) is 6.54 Å². The molecule has 0 radical (unpaired) electrons. The Morgan fingerprint density at radius 1 is 1.44 bits per heavy atom. The van der Waals surface area contributed by atoms with Crippen molar-refractivity contribution in [2.45, 2.75) is 13.3 Å². The van der Waals surface area contributed by atoms with Gasteiger partial charge in [-0.1, -0.05) is 0 Å². The predicted molar refractivity (Wildman–Crippen MR) is 56.7 cm³/mol. The minimum absolute atomic E-state index is 0.0219. The Balaban J connectivity index is 2.66. The Kier molecular flexibility index (Phi) is 3.90. The van der Waals surface area contributed by atoms with Crippen LogP contribution in [-0.4, -0.2) is 54.9 Å². The van der Waals surface area contributed by atoms with Gasteiger partial charge >= 0.3 is 5.97 Å². The van der Waals surface area contributed by atoms with Gasteiger partial charge < -0.3 is 10.0 Å². The second-order valence-corrected chi connectivity index (χ2v) is 6.07. The standard InChI is InChI=1S/C9H15NO5S/c1-2-10(5-8(11)12)9(13)7-3-4-16(14,15)6-7/h7H,2-6H2,1H3,(H,11,12). The molecule has 0 bridgehead atoms. The maximum Gasteiger partial charge on any atom is 0.323 e. The lowest BCUT2D eigenvalue weighted by Crippen LogP contribution is -2.39. The summed E-state index contributed by atoms with van der Waals surface area (Å²) >= 11 is 0. The summed E-state index contributed by atoms with van der Waals surface area (Å²) in [4.78, 5) is 23.5. The van der Waals surface area contributed by atoms with Crippen molar-refractivity contribution in [3.63, 3.8) is 0 Å². The number of carbonyl (C=O) groups excluding carboxylic acids is 1. The van der Waals surface area contributed by atoms with Gasteiger partial charge in [-0.05, 0) is 13.3 Å². The van der Waals surface area contributed by atoms with Gasteiger partial charge in [-0.2, -0.15) is 0 Å². The van der Waals surface area contributed by atoms with Gasteiger partial charge in [0.15, 0.2) is 9.84 Å². The summed E-state index contributed by atoms with van der Waals surface area (Å²) in [5.74, 6) is -2.15. The Morgan fingerprint density at radius 3 is 2.44 bits per heavy atom. The summed E-state index contributed by atoms with van der Waals surface area (Å²) in [6, 6.07) is 0. The lowest BCUT2D eigenvalue weighted by molar-refractivity contribution is -0.145. The van der Waals surface area contributed by atoms with E-state index < -0.39 is 21.7 Å². The molecule has 1 unspecified atom stereocenters. The van der Waals surface area contributed by atoms with Crippen LogP contribution in [0.5, 0.6) is 0 Å². The van der Waals surface area contributed by atoms with Gasteiger partial charge in [0, 0.05) is 6.54 Å². The molecule has 0 aliphatic carbocycles. The quantitative estimate of drug-likeness (QED) is 0.715. The van der Waals surface area contributed by atoms with E-state index in [2.05, 4.69) is 0 Å². The molecule has 1 N–H and O–H groups in total. The van der Waals surface area contributed by atoms with Crippen LogP contribution in [0.3, 0.4) is 0 Å². The lowest BCUT2D eigenvalue weighted by Gasteiger charge is -2.21. The molecular formula is C9H15NO5S. The van der Waals surface area contributed by atoms with E-state index >= 15 is 0 Å². The van der Waals surface area contributed by atoms with Crippen LogP contribution in [0.4, 0.5) is 0 Å². The minimum Gasteiger partial charge on any atom is -0.480 e. The second kappa shape index (κ2) is 4.82. The van der Waals surface area contributed by atoms with Crippen LogP contribution in [0.25, 0.3) is 0 Å². The van der Waals surface area contributed by atoms with Crippen LogP contribution in [0.2, 0.25) is 0 Å². The molecule has 0 spiro atoms. The van der Waals surface area contributed by atoms with Gasteiger partial charge in [0.2, 0.25) is 5.91 Å². The van der Waals surface area contributed by atoms with E-state index in [-0.39, 0.29) is 30.5 Å². The first kappa shape index (κ1) is 13.0. The van der Waals surface area contributed by atoms with Crippen molar-refractivity contribution in [1.29, 1.82) is 0 Å². The van der Waals surface area contributed by atoms with E-state index in [4.69, 9.17) is 5.11 Å². The fourth-order valence-corrected chi connectivity index (χ4v) is 3.49. The van der Waals surface area contributed by atoms with Crippen LogP contribution >= 0.6 is 0 Å². The summed E-state index contributed by atoms with van der Waals surface area (Å²) in [6.07, 6.45) is 0.303. The van der Waals surface area contributed by atoms with Gasteiger partial charge in [-0.25, -0.2) is 8.42 Å². The molecule has 7 heteroatoms. The molecule has 1 fully saturated rings. The molecule has 1 aliphatic heterocycles. The Hall–Kier alpha value is -1.11. The molecule has 16 heavy (non-hydrogen) atoms. The normalized spacial score (nSPS) is 22.9. The van der Waals surface area contributed by atoms with Gasteiger partial charge in [0.05, 0.1) is 17.4 Å². The molecule has 1 atom stereocenters. The topological polar surface area (TPSA) is 91.8 Å². The highest BCUT2D eigenvalue weighted by atomic mass is 32.2. The number of amides is 1. The Labute approximate surface area is 94.2 Å². The van der Waals surface area contributed by atoms with Crippen LogP contribution in [0.15, 0.2) is 0 Å². The summed E-state index contributed by atoms with van der Waals surface area (Å²) in [5.41, 5.74) is 0. The third kappa shape index (κ3) is 3.19. The molecule has 6 nitrogen and oxygen atoms in total. The molecule has 1 saturated heterocycles. The van der Waals surface area contributed by atoms with E-state index in [1.807, 2.05) is 0 Å². The van der Waals surface area contributed by atoms with Gasteiger partial charge in [-0.3, -0.25) is 9.59 Å². The van der Waals surface area contributed by atoms with Crippen molar-refractivity contribution in [2.75, 3.05) is 24.6 Å². The monoisotopic (exact) mass is 249 g/mol. The summed E-state index contributed by atoms with van der Waals surface area (Å²) in [5, 5.41) is 8.60. The lowest BCUT2D eigenvalue weighted by atomic mass is 10.1. The largest absolute Gasteiger partial charge is 0.480 e. The summed E-state index contributed by atoms with van der Waals surface area (Å²) in [7, 11) is -3.11. The number of carbonyl (C=O) groups is 2. The molecular weight excluding hydrogens is 234 g/mol. The highest BCUT2D eigenvalue weighted by Crippen LogP contribution is 2.20. The average molecular weight is 249 g/mol. The molecule has 0 aromatic rings. The van der Waals surface area contributed by atoms with Crippen molar-refractivity contribution >= 4 is 21.7 Å². The SMILES string of the molecule is CCN(CC(=O)O)C(=O)C1CCS(=O)(=O)C1. The number of nitrogens with zero attached hydrogens (tertiary/aromatic N) is 1. The molecule has 1 rings (SSSR count). The van der Waals surface area contributed by atoms with E-state index in [9.17, 15) is 18.0 Å². The molecule has 1 heterocycles. The number of carboxylic acids is 1. The predicted octanol–water partition coefficient (Wildman–Crippen LogP) is -0.646. The highest BCUT2D eigenvalue weighted by Gasteiger charge is 2.35. The van der Waals surface area contributed by atoms with E-state index in [0.29, 0.717) is 6.42 Å². The van der Waals surface area contributed by atoms with E-state index in [1.54, 1.807) is 6.92 Å². The molecule has 1 amide bonds. The molecule has 92 valence electrons. The molecule has 0 saturated carbocycles. The zero-order valence-corrected chi connectivity index (χ0v) is 9.87. The third-order valence-corrected chi connectivity index (χ3v) is 4.37. The Morgan fingerprint density at radius 2 is 2.06 bits per heavy atom. The molecule has 1 aliphatic rings. The first-order chi connectivity index (χ1) is 7.35. The maximum atomic E-state index is 11.8. The number of sulfone groups is 1. The van der Waals surface area contributed by atoms with E-state index in [0.717, 1.165) is 0 Å². The van der Waals surface area contributed by atoms with Crippen molar-refractivity contribution in [2.24, 2.45) is 5.92 Å². The van der Waals surface area contributed by atoms with E-state index in [1.165, 1.54) is 4.90 Å². The van der Waals surface area contributed by atoms with Gasteiger partial charge in [0.25, 0.3) is 0 Å². The first-order valence-electron chi connectivity index (χ1n) is 5.06. The van der Waals surface area contributed by atoms with Gasteiger partial charge in [-0.15, -0.1) is 0 Å². The average Bonchev–Trinajstić information content (AvgIpc) is 2.54. The fraction of sp³-hybridized carbons (Fsp3) is 0.778. The van der Waals surface area contributed by atoms with Crippen molar-refractivity contribution in [1.82, 2.24) is 4.90 Å². The Bertz CT molecular complexity index is 389. The van der Waals surface area contributed by atoms with Crippen LogP contribution in [0.1, 0.15) is 13.3 Å². The number of hydrogen-bond donors (Lipinski definition) is 1. The van der Waals surface area contributed by atoms with Crippen LogP contribution in [0, 0.1) is 5.92 Å². The molecule has 0 aromatic carbocycles. The zero-order valence-electron chi connectivity index (χ0n) is 9.05. The third-order valence-electron chi connectivity index (χ3n) is 2.60. The smallest absolute Gasteiger partial charge is 0.323 e. The number of rotatable bonds is 4. The van der Waals surface area contributed by atoms with Crippen molar-refractivity contribution < 1.29 is 23.1 Å². The highest BCUT2D eigenvalue weighted by molar-refractivity contribution is 7.91.